The van der Waals surface area contributed by atoms with E-state index in [4.69, 9.17) is 0 Å². The third kappa shape index (κ3) is 5.11. The van der Waals surface area contributed by atoms with Gasteiger partial charge in [0.05, 0.1) is 0 Å². The van der Waals surface area contributed by atoms with Crippen molar-refractivity contribution in [3.63, 3.8) is 0 Å². The van der Waals surface area contributed by atoms with E-state index in [0.717, 1.165) is 12.1 Å². The van der Waals surface area contributed by atoms with Crippen molar-refractivity contribution in [2.45, 2.75) is 52.5 Å². The molecule has 3 nitrogen and oxygen atoms in total. The maximum absolute atomic E-state index is 9.83. The van der Waals surface area contributed by atoms with Gasteiger partial charge in [-0.1, -0.05) is 39.2 Å². The smallest absolute Gasteiger partial charge is 0.124 e. The van der Waals surface area contributed by atoms with Crippen molar-refractivity contribution >= 4 is 0 Å². The van der Waals surface area contributed by atoms with Crippen molar-refractivity contribution in [3.8, 4) is 11.5 Å². The first-order valence-electron chi connectivity index (χ1n) is 7.33. The fourth-order valence-electron chi connectivity index (χ4n) is 2.29. The summed E-state index contributed by atoms with van der Waals surface area (Å²) < 4.78 is 0. The van der Waals surface area contributed by atoms with Gasteiger partial charge in [-0.15, -0.1) is 0 Å². The summed E-state index contributed by atoms with van der Waals surface area (Å²) in [5.74, 6) is 0.950. The number of rotatable bonds is 8. The van der Waals surface area contributed by atoms with Gasteiger partial charge in [-0.3, -0.25) is 0 Å². The summed E-state index contributed by atoms with van der Waals surface area (Å²) >= 11 is 0. The van der Waals surface area contributed by atoms with Crippen molar-refractivity contribution < 1.29 is 10.2 Å². The molecule has 0 aromatic heterocycles. The molecule has 1 rings (SSSR count). The number of phenolic OH excluding ortho intramolecular Hbond substituents is 2. The highest BCUT2D eigenvalue weighted by Gasteiger charge is 2.12. The highest BCUT2D eigenvalue weighted by atomic mass is 16.3. The molecular formula is C16H27NO2. The van der Waals surface area contributed by atoms with Crippen molar-refractivity contribution in [1.29, 1.82) is 0 Å². The largest absolute Gasteiger partial charge is 0.508 e. The van der Waals surface area contributed by atoms with Gasteiger partial charge in [0.25, 0.3) is 0 Å². The van der Waals surface area contributed by atoms with Crippen LogP contribution in [0, 0.1) is 5.92 Å². The van der Waals surface area contributed by atoms with Gasteiger partial charge in [0.1, 0.15) is 11.5 Å². The minimum absolute atomic E-state index is 0.0938. The van der Waals surface area contributed by atoms with E-state index in [1.165, 1.54) is 31.7 Å². The molecule has 0 spiro atoms. The van der Waals surface area contributed by atoms with Crippen molar-refractivity contribution in [1.82, 2.24) is 5.32 Å². The number of nitrogens with one attached hydrogen (secondary N) is 1. The standard InChI is InChI=1S/C16H27NO2/c1-4-6-7-13(5-2)11-17-12(3)15-9-8-14(18)10-16(15)19/h8-10,12-13,17-19H,4-7,11H2,1-3H3. The summed E-state index contributed by atoms with van der Waals surface area (Å²) in [6, 6.07) is 4.87. The highest BCUT2D eigenvalue weighted by Crippen LogP contribution is 2.28. The molecule has 108 valence electrons. The number of unbranched alkanes of at least 4 members (excludes halogenated alkanes) is 1. The second-order valence-corrected chi connectivity index (χ2v) is 5.29. The van der Waals surface area contributed by atoms with E-state index in [1.54, 1.807) is 12.1 Å². The van der Waals surface area contributed by atoms with E-state index in [9.17, 15) is 10.2 Å². The van der Waals surface area contributed by atoms with Gasteiger partial charge in [0, 0.05) is 17.7 Å². The average Bonchev–Trinajstić information content (AvgIpc) is 2.38. The summed E-state index contributed by atoms with van der Waals surface area (Å²) in [7, 11) is 0. The van der Waals surface area contributed by atoms with Crippen LogP contribution in [-0.4, -0.2) is 16.8 Å². The minimum atomic E-state index is 0.0938. The normalized spacial score (nSPS) is 14.3. The van der Waals surface area contributed by atoms with E-state index in [1.807, 2.05) is 6.92 Å². The topological polar surface area (TPSA) is 52.5 Å². The molecule has 0 aliphatic heterocycles. The second kappa shape index (κ2) is 8.05. The molecule has 1 aromatic rings. The Labute approximate surface area is 116 Å². The molecule has 0 aliphatic carbocycles. The number of phenols is 2. The average molecular weight is 265 g/mol. The van der Waals surface area contributed by atoms with Crippen LogP contribution in [-0.2, 0) is 0 Å². The molecule has 0 saturated heterocycles. The van der Waals surface area contributed by atoms with Gasteiger partial charge in [-0.05, 0) is 31.9 Å². The molecule has 2 atom stereocenters. The predicted molar refractivity (Wildman–Crippen MR) is 79.5 cm³/mol. The quantitative estimate of drug-likeness (QED) is 0.666. The molecule has 19 heavy (non-hydrogen) atoms. The van der Waals surface area contributed by atoms with Crippen LogP contribution in [0.25, 0.3) is 0 Å². The van der Waals surface area contributed by atoms with Crippen LogP contribution in [0.3, 0.4) is 0 Å². The summed E-state index contributed by atoms with van der Waals surface area (Å²) in [6.07, 6.45) is 4.96. The Kier molecular flexibility index (Phi) is 6.71. The lowest BCUT2D eigenvalue weighted by Crippen LogP contribution is -2.25. The molecule has 2 unspecified atom stereocenters. The Bertz CT molecular complexity index is 379. The van der Waals surface area contributed by atoms with Gasteiger partial charge >= 0.3 is 0 Å². The molecule has 0 radical (unpaired) electrons. The molecule has 0 heterocycles. The third-order valence-electron chi connectivity index (χ3n) is 3.74. The lowest BCUT2D eigenvalue weighted by Gasteiger charge is -2.20. The van der Waals surface area contributed by atoms with E-state index in [2.05, 4.69) is 19.2 Å². The van der Waals surface area contributed by atoms with E-state index in [0.29, 0.717) is 5.92 Å². The molecule has 1 aromatic carbocycles. The van der Waals surface area contributed by atoms with Crippen molar-refractivity contribution in [2.24, 2.45) is 5.92 Å². The highest BCUT2D eigenvalue weighted by molar-refractivity contribution is 5.40. The monoisotopic (exact) mass is 265 g/mol. The Hall–Kier alpha value is -1.22. The molecular weight excluding hydrogens is 238 g/mol. The van der Waals surface area contributed by atoms with Crippen LogP contribution < -0.4 is 5.32 Å². The molecule has 0 saturated carbocycles. The van der Waals surface area contributed by atoms with Gasteiger partial charge < -0.3 is 15.5 Å². The number of hydrogen-bond acceptors (Lipinski definition) is 3. The predicted octanol–water partition coefficient (Wildman–Crippen LogP) is 3.96. The van der Waals surface area contributed by atoms with Crippen LogP contribution in [0.5, 0.6) is 11.5 Å². The maximum atomic E-state index is 9.83. The third-order valence-corrected chi connectivity index (χ3v) is 3.74. The zero-order chi connectivity index (χ0) is 14.3. The Morgan fingerprint density at radius 2 is 1.95 bits per heavy atom. The Balaban J connectivity index is 2.51. The number of hydrogen-bond donors (Lipinski definition) is 3. The van der Waals surface area contributed by atoms with Crippen LogP contribution in [0.1, 0.15) is 58.1 Å². The zero-order valence-corrected chi connectivity index (χ0v) is 12.3. The Morgan fingerprint density at radius 3 is 2.53 bits per heavy atom. The van der Waals surface area contributed by atoms with Gasteiger partial charge in [0.2, 0.25) is 0 Å². The van der Waals surface area contributed by atoms with E-state index in [-0.39, 0.29) is 17.5 Å². The first-order valence-corrected chi connectivity index (χ1v) is 7.33. The molecule has 0 bridgehead atoms. The van der Waals surface area contributed by atoms with Crippen LogP contribution in [0.4, 0.5) is 0 Å². The zero-order valence-electron chi connectivity index (χ0n) is 12.3. The van der Waals surface area contributed by atoms with Crippen LogP contribution in [0.15, 0.2) is 18.2 Å². The fourth-order valence-corrected chi connectivity index (χ4v) is 2.29. The van der Waals surface area contributed by atoms with Crippen LogP contribution >= 0.6 is 0 Å². The molecule has 0 amide bonds. The minimum Gasteiger partial charge on any atom is -0.508 e. The number of aromatic hydroxyl groups is 2. The van der Waals surface area contributed by atoms with E-state index < -0.39 is 0 Å². The molecule has 3 heteroatoms. The first-order chi connectivity index (χ1) is 9.08. The second-order valence-electron chi connectivity index (χ2n) is 5.29. The SMILES string of the molecule is CCCCC(CC)CNC(C)c1ccc(O)cc1O. The van der Waals surface area contributed by atoms with Crippen molar-refractivity contribution in [2.75, 3.05) is 6.54 Å². The van der Waals surface area contributed by atoms with Crippen LogP contribution in [0.2, 0.25) is 0 Å². The van der Waals surface area contributed by atoms with Gasteiger partial charge in [0.15, 0.2) is 0 Å². The fraction of sp³-hybridized carbons (Fsp3) is 0.625. The lowest BCUT2D eigenvalue weighted by molar-refractivity contribution is 0.389. The summed E-state index contributed by atoms with van der Waals surface area (Å²) in [4.78, 5) is 0. The molecule has 0 aliphatic rings. The summed E-state index contributed by atoms with van der Waals surface area (Å²) in [5.41, 5.74) is 0.836. The Morgan fingerprint density at radius 1 is 1.21 bits per heavy atom. The van der Waals surface area contributed by atoms with Crippen molar-refractivity contribution in [3.05, 3.63) is 23.8 Å². The summed E-state index contributed by atoms with van der Waals surface area (Å²) in [5, 5.41) is 22.6. The lowest BCUT2D eigenvalue weighted by atomic mass is 9.98. The summed E-state index contributed by atoms with van der Waals surface area (Å²) in [6.45, 7) is 7.46. The van der Waals surface area contributed by atoms with E-state index >= 15 is 0 Å². The maximum Gasteiger partial charge on any atom is 0.124 e. The number of benzene rings is 1. The molecule has 3 N–H and O–H groups in total. The van der Waals surface area contributed by atoms with Gasteiger partial charge in [-0.25, -0.2) is 0 Å². The molecule has 0 fully saturated rings. The first kappa shape index (κ1) is 15.8. The van der Waals surface area contributed by atoms with Gasteiger partial charge in [-0.2, -0.15) is 0 Å².